The monoisotopic (exact) mass is 299 g/mol. The first-order valence-corrected chi connectivity index (χ1v) is 7.05. The van der Waals surface area contributed by atoms with Crippen LogP contribution in [0.4, 0.5) is 0 Å². The average molecular weight is 299 g/mol. The van der Waals surface area contributed by atoms with Crippen LogP contribution in [0, 0.1) is 0 Å². The molecule has 0 aliphatic heterocycles. The molecule has 0 saturated carbocycles. The molecule has 0 unspecified atom stereocenters. The quantitative estimate of drug-likeness (QED) is 0.759. The Balaban J connectivity index is 1.64. The van der Waals surface area contributed by atoms with Crippen LogP contribution in [-0.2, 0) is 6.42 Å². The van der Waals surface area contributed by atoms with Gasteiger partial charge in [-0.3, -0.25) is 4.79 Å². The van der Waals surface area contributed by atoms with Crippen LogP contribution < -0.4 is 5.32 Å². The first kappa shape index (κ1) is 14.4. The third-order valence-corrected chi connectivity index (χ3v) is 3.41. The second-order valence-corrected chi connectivity index (χ2v) is 5.58. The van der Waals surface area contributed by atoms with E-state index < -0.39 is 5.60 Å². The summed E-state index contributed by atoms with van der Waals surface area (Å²) in [5.41, 5.74) is -0.436. The highest BCUT2D eigenvalue weighted by Gasteiger charge is 2.24. The zero-order chi connectivity index (χ0) is 15.6. The van der Waals surface area contributed by atoms with Gasteiger partial charge in [-0.25, -0.2) is 0 Å². The molecule has 1 aromatic carbocycles. The Bertz CT molecular complexity index is 738. The summed E-state index contributed by atoms with van der Waals surface area (Å²) >= 11 is 0. The number of hydrogen-bond acceptors (Lipinski definition) is 4. The van der Waals surface area contributed by atoms with Gasteiger partial charge in [-0.1, -0.05) is 18.2 Å². The Morgan fingerprint density at radius 3 is 2.82 bits per heavy atom. The summed E-state index contributed by atoms with van der Waals surface area (Å²) in [6.45, 7) is 1.75. The third kappa shape index (κ3) is 3.20. The molecule has 22 heavy (non-hydrogen) atoms. The van der Waals surface area contributed by atoms with Crippen molar-refractivity contribution in [2.75, 3.05) is 6.54 Å². The number of hydrogen-bond donors (Lipinski definition) is 2. The lowest BCUT2D eigenvalue weighted by atomic mass is 10.0. The van der Waals surface area contributed by atoms with Gasteiger partial charge in [-0.05, 0) is 31.2 Å². The van der Waals surface area contributed by atoms with Gasteiger partial charge in [0.1, 0.15) is 11.3 Å². The lowest BCUT2D eigenvalue weighted by Crippen LogP contribution is -2.42. The molecule has 0 fully saturated rings. The molecule has 0 aliphatic rings. The van der Waals surface area contributed by atoms with Gasteiger partial charge in [0.2, 0.25) is 0 Å². The van der Waals surface area contributed by atoms with E-state index in [0.717, 1.165) is 5.39 Å². The van der Waals surface area contributed by atoms with Crippen molar-refractivity contribution in [3.05, 3.63) is 60.2 Å². The molecule has 2 N–H and O–H groups in total. The van der Waals surface area contributed by atoms with Crippen molar-refractivity contribution < 1.29 is 18.7 Å². The Morgan fingerprint density at radius 1 is 1.27 bits per heavy atom. The van der Waals surface area contributed by atoms with Gasteiger partial charge >= 0.3 is 0 Å². The van der Waals surface area contributed by atoms with Gasteiger partial charge in [0.05, 0.1) is 11.9 Å². The first-order chi connectivity index (χ1) is 10.5. The van der Waals surface area contributed by atoms with Gasteiger partial charge in [-0.2, -0.15) is 0 Å². The summed E-state index contributed by atoms with van der Waals surface area (Å²) in [5, 5.41) is 13.9. The molecule has 0 bridgehead atoms. The normalized spacial score (nSPS) is 13.9. The van der Waals surface area contributed by atoms with Gasteiger partial charge in [0.25, 0.3) is 5.91 Å². The van der Waals surface area contributed by atoms with Crippen molar-refractivity contribution in [3.8, 4) is 0 Å². The van der Waals surface area contributed by atoms with E-state index in [1.165, 1.54) is 0 Å². The van der Waals surface area contributed by atoms with Crippen LogP contribution >= 0.6 is 0 Å². The number of nitrogens with one attached hydrogen (secondary N) is 1. The summed E-state index contributed by atoms with van der Waals surface area (Å²) in [6, 6.07) is 12.6. The van der Waals surface area contributed by atoms with Crippen molar-refractivity contribution in [2.24, 2.45) is 0 Å². The minimum absolute atomic E-state index is 0.101. The Labute approximate surface area is 127 Å². The molecule has 1 amide bonds. The van der Waals surface area contributed by atoms with E-state index in [4.69, 9.17) is 8.83 Å². The molecule has 0 aliphatic carbocycles. The second-order valence-electron chi connectivity index (χ2n) is 5.58. The van der Waals surface area contributed by atoms with E-state index in [1.54, 1.807) is 37.5 Å². The maximum absolute atomic E-state index is 12.1. The van der Waals surface area contributed by atoms with Crippen LogP contribution in [-0.4, -0.2) is 23.2 Å². The van der Waals surface area contributed by atoms with Crippen molar-refractivity contribution in [3.63, 3.8) is 0 Å². The van der Waals surface area contributed by atoms with Crippen molar-refractivity contribution in [1.82, 2.24) is 5.32 Å². The number of carbonyl (C=O) groups excluding carboxylic acids is 1. The summed E-state index contributed by atoms with van der Waals surface area (Å²) in [6.07, 6.45) is 1.87. The Morgan fingerprint density at radius 2 is 2.09 bits per heavy atom. The lowest BCUT2D eigenvalue weighted by Gasteiger charge is -2.22. The van der Waals surface area contributed by atoms with Crippen molar-refractivity contribution in [2.45, 2.75) is 18.9 Å². The van der Waals surface area contributed by atoms with Crippen molar-refractivity contribution in [1.29, 1.82) is 0 Å². The molecular formula is C17H17NO4. The van der Waals surface area contributed by atoms with E-state index in [9.17, 15) is 9.90 Å². The summed E-state index contributed by atoms with van der Waals surface area (Å²) in [4.78, 5) is 12.1. The molecule has 0 saturated heterocycles. The highest BCUT2D eigenvalue weighted by Crippen LogP contribution is 2.19. The van der Waals surface area contributed by atoms with E-state index in [1.807, 2.05) is 18.2 Å². The number of para-hydroxylation sites is 1. The molecule has 1 atom stereocenters. The lowest BCUT2D eigenvalue weighted by molar-refractivity contribution is 0.0504. The van der Waals surface area contributed by atoms with Gasteiger partial charge in [0, 0.05) is 18.4 Å². The number of aliphatic hydroxyl groups is 1. The molecule has 3 rings (SSSR count). The molecule has 2 aromatic heterocycles. The molecule has 0 radical (unpaired) electrons. The average Bonchev–Trinajstić information content (AvgIpc) is 3.13. The number of furan rings is 2. The second kappa shape index (κ2) is 5.69. The van der Waals surface area contributed by atoms with Crippen LogP contribution in [0.1, 0.15) is 23.2 Å². The van der Waals surface area contributed by atoms with Gasteiger partial charge in [0.15, 0.2) is 5.76 Å². The number of fused-ring (bicyclic) bond motifs is 1. The van der Waals surface area contributed by atoms with E-state index in [0.29, 0.717) is 17.8 Å². The molecule has 3 aromatic rings. The fourth-order valence-corrected chi connectivity index (χ4v) is 2.30. The van der Waals surface area contributed by atoms with Crippen LogP contribution in [0.3, 0.4) is 0 Å². The standard InChI is InChI=1S/C17H17NO4/c1-17(20,10-13-6-4-8-21-13)11-18-16(19)15-9-12-5-2-3-7-14(12)22-15/h2-9,20H,10-11H2,1H3,(H,18,19)/t17-/m0/s1. The minimum Gasteiger partial charge on any atom is -0.469 e. The summed E-state index contributed by atoms with van der Waals surface area (Å²) in [5.74, 6) is 0.550. The molecule has 0 spiro atoms. The molecule has 2 heterocycles. The number of benzene rings is 1. The first-order valence-electron chi connectivity index (χ1n) is 7.05. The minimum atomic E-state index is -1.10. The van der Waals surface area contributed by atoms with Gasteiger partial charge < -0.3 is 19.3 Å². The van der Waals surface area contributed by atoms with Crippen LogP contribution in [0.2, 0.25) is 0 Å². The van der Waals surface area contributed by atoms with E-state index in [2.05, 4.69) is 5.32 Å². The predicted molar refractivity (Wildman–Crippen MR) is 81.6 cm³/mol. The fourth-order valence-electron chi connectivity index (χ4n) is 2.30. The zero-order valence-electron chi connectivity index (χ0n) is 12.2. The van der Waals surface area contributed by atoms with E-state index in [-0.39, 0.29) is 18.2 Å². The Kier molecular flexibility index (Phi) is 3.73. The highest BCUT2D eigenvalue weighted by atomic mass is 16.3. The third-order valence-electron chi connectivity index (χ3n) is 3.41. The topological polar surface area (TPSA) is 75.6 Å². The van der Waals surface area contributed by atoms with Gasteiger partial charge in [-0.15, -0.1) is 0 Å². The largest absolute Gasteiger partial charge is 0.469 e. The number of amides is 1. The van der Waals surface area contributed by atoms with Crippen molar-refractivity contribution >= 4 is 16.9 Å². The SMILES string of the molecule is C[C@@](O)(CNC(=O)c1cc2ccccc2o1)Cc1ccco1. The fraction of sp³-hybridized carbons (Fsp3) is 0.235. The molecule has 5 heteroatoms. The maximum Gasteiger partial charge on any atom is 0.287 e. The van der Waals surface area contributed by atoms with E-state index >= 15 is 0 Å². The summed E-state index contributed by atoms with van der Waals surface area (Å²) < 4.78 is 10.7. The predicted octanol–water partition coefficient (Wildman–Crippen LogP) is 2.75. The zero-order valence-corrected chi connectivity index (χ0v) is 12.2. The maximum atomic E-state index is 12.1. The van der Waals surface area contributed by atoms with Crippen LogP contribution in [0.25, 0.3) is 11.0 Å². The molecule has 114 valence electrons. The Hall–Kier alpha value is -2.53. The van der Waals surface area contributed by atoms with Crippen LogP contribution in [0.5, 0.6) is 0 Å². The highest BCUT2D eigenvalue weighted by molar-refractivity contribution is 5.96. The smallest absolute Gasteiger partial charge is 0.287 e. The van der Waals surface area contributed by atoms with Crippen LogP contribution in [0.15, 0.2) is 57.6 Å². The summed E-state index contributed by atoms with van der Waals surface area (Å²) in [7, 11) is 0. The number of carbonyl (C=O) groups is 1. The molecule has 5 nitrogen and oxygen atoms in total. The molecular weight excluding hydrogens is 282 g/mol. The number of rotatable bonds is 5.